The van der Waals surface area contributed by atoms with Crippen molar-refractivity contribution in [3.8, 4) is 22.9 Å². The van der Waals surface area contributed by atoms with Gasteiger partial charge in [-0.3, -0.25) is 4.68 Å². The van der Waals surface area contributed by atoms with E-state index >= 15 is 0 Å². The van der Waals surface area contributed by atoms with E-state index in [1.807, 2.05) is 6.07 Å². The predicted molar refractivity (Wildman–Crippen MR) is 65.0 cm³/mol. The molecule has 20 heavy (non-hydrogen) atoms. The fourth-order valence-corrected chi connectivity index (χ4v) is 1.77. The molecule has 2 rings (SSSR count). The Morgan fingerprint density at radius 3 is 2.75 bits per heavy atom. The molecule has 7 heteroatoms. The van der Waals surface area contributed by atoms with Crippen molar-refractivity contribution >= 4 is 0 Å². The number of benzene rings is 1. The average Bonchev–Trinajstić information content (AvgIpc) is 2.83. The summed E-state index contributed by atoms with van der Waals surface area (Å²) in [6.45, 7) is -1.15. The van der Waals surface area contributed by atoms with Gasteiger partial charge >= 0.3 is 6.18 Å². The van der Waals surface area contributed by atoms with Gasteiger partial charge in [-0.15, -0.1) is 0 Å². The molecule has 0 fully saturated rings. The van der Waals surface area contributed by atoms with Gasteiger partial charge in [-0.1, -0.05) is 0 Å². The van der Waals surface area contributed by atoms with Crippen LogP contribution in [0, 0.1) is 11.3 Å². The van der Waals surface area contributed by atoms with Gasteiger partial charge in [0.05, 0.1) is 24.9 Å². The number of nitriles is 1. The van der Waals surface area contributed by atoms with Crippen molar-refractivity contribution in [2.24, 2.45) is 0 Å². The number of hydrogen-bond acceptors (Lipinski definition) is 3. The van der Waals surface area contributed by atoms with Crippen LogP contribution in [0.4, 0.5) is 13.2 Å². The average molecular weight is 281 g/mol. The molecule has 0 aliphatic heterocycles. The summed E-state index contributed by atoms with van der Waals surface area (Å²) in [6.07, 6.45) is -1.70. The molecule has 0 spiro atoms. The van der Waals surface area contributed by atoms with E-state index < -0.39 is 12.7 Å². The number of nitrogens with zero attached hydrogens (tertiary/aromatic N) is 3. The van der Waals surface area contributed by atoms with Crippen LogP contribution in [0.25, 0.3) is 11.1 Å². The van der Waals surface area contributed by atoms with E-state index in [1.165, 1.54) is 25.6 Å². The third kappa shape index (κ3) is 3.09. The van der Waals surface area contributed by atoms with Crippen LogP contribution < -0.4 is 4.74 Å². The number of hydrogen-bond donors (Lipinski definition) is 0. The molecule has 0 aliphatic carbocycles. The molecule has 0 amide bonds. The van der Waals surface area contributed by atoms with E-state index in [0.717, 1.165) is 4.68 Å². The smallest absolute Gasteiger partial charge is 0.408 e. The van der Waals surface area contributed by atoms with Gasteiger partial charge in [-0.2, -0.15) is 23.5 Å². The highest BCUT2D eigenvalue weighted by Crippen LogP contribution is 2.30. The number of alkyl halides is 3. The normalized spacial score (nSPS) is 11.2. The van der Waals surface area contributed by atoms with E-state index in [2.05, 4.69) is 5.10 Å². The lowest BCUT2D eigenvalue weighted by Gasteiger charge is -2.07. The van der Waals surface area contributed by atoms with E-state index in [0.29, 0.717) is 22.4 Å². The molecule has 2 aromatic rings. The van der Waals surface area contributed by atoms with E-state index in [-0.39, 0.29) is 0 Å². The summed E-state index contributed by atoms with van der Waals surface area (Å²) >= 11 is 0. The summed E-state index contributed by atoms with van der Waals surface area (Å²) in [5.41, 5.74) is 1.49. The predicted octanol–water partition coefficient (Wildman–Crippen LogP) is 2.99. The van der Waals surface area contributed by atoms with Crippen molar-refractivity contribution in [3.63, 3.8) is 0 Å². The van der Waals surface area contributed by atoms with Gasteiger partial charge in [0, 0.05) is 17.3 Å². The number of methoxy groups -OCH3 is 1. The zero-order valence-corrected chi connectivity index (χ0v) is 10.5. The molecule has 4 nitrogen and oxygen atoms in total. The summed E-state index contributed by atoms with van der Waals surface area (Å²) in [6, 6.07) is 6.68. The first-order valence-electron chi connectivity index (χ1n) is 5.60. The number of ether oxygens (including phenoxy) is 1. The van der Waals surface area contributed by atoms with Crippen LogP contribution in [-0.4, -0.2) is 23.1 Å². The SMILES string of the molecule is COc1cc(C#N)ccc1-c1cnn(CC(F)(F)F)c1. The molecule has 1 heterocycles. The summed E-state index contributed by atoms with van der Waals surface area (Å²) < 4.78 is 42.8. The summed E-state index contributed by atoms with van der Waals surface area (Å²) in [7, 11) is 1.43. The van der Waals surface area contributed by atoms with Crippen molar-refractivity contribution in [1.29, 1.82) is 5.26 Å². The minimum absolute atomic E-state index is 0.410. The van der Waals surface area contributed by atoms with Gasteiger partial charge in [0.25, 0.3) is 0 Å². The van der Waals surface area contributed by atoms with Gasteiger partial charge < -0.3 is 4.74 Å². The van der Waals surface area contributed by atoms with E-state index in [4.69, 9.17) is 10.00 Å². The van der Waals surface area contributed by atoms with Crippen molar-refractivity contribution < 1.29 is 17.9 Å². The monoisotopic (exact) mass is 281 g/mol. The first kappa shape index (κ1) is 13.9. The maximum absolute atomic E-state index is 12.3. The minimum atomic E-state index is -4.32. The van der Waals surface area contributed by atoms with Crippen LogP contribution in [0.1, 0.15) is 5.56 Å². The highest BCUT2D eigenvalue weighted by Gasteiger charge is 2.28. The standard InChI is InChI=1S/C13H10F3N3O/c1-20-12-4-9(5-17)2-3-11(12)10-6-18-19(7-10)8-13(14,15)16/h2-4,6-7H,8H2,1H3. The molecule has 0 aliphatic rings. The highest BCUT2D eigenvalue weighted by atomic mass is 19.4. The van der Waals surface area contributed by atoms with Crippen molar-refractivity contribution in [1.82, 2.24) is 9.78 Å². The number of aromatic nitrogens is 2. The first-order valence-corrected chi connectivity index (χ1v) is 5.60. The lowest BCUT2D eigenvalue weighted by molar-refractivity contribution is -0.142. The molecular weight excluding hydrogens is 271 g/mol. The summed E-state index contributed by atoms with van der Waals surface area (Å²) in [5, 5.41) is 12.5. The molecule has 0 atom stereocenters. The molecule has 104 valence electrons. The van der Waals surface area contributed by atoms with Crippen molar-refractivity contribution in [3.05, 3.63) is 36.2 Å². The Balaban J connectivity index is 2.35. The fraction of sp³-hybridized carbons (Fsp3) is 0.231. The van der Waals surface area contributed by atoms with Crippen molar-refractivity contribution in [2.45, 2.75) is 12.7 Å². The second-order valence-electron chi connectivity index (χ2n) is 4.07. The fourth-order valence-electron chi connectivity index (χ4n) is 1.77. The zero-order chi connectivity index (χ0) is 14.8. The van der Waals surface area contributed by atoms with Gasteiger partial charge in [0.1, 0.15) is 12.3 Å². The largest absolute Gasteiger partial charge is 0.496 e. The molecule has 0 saturated heterocycles. The Kier molecular flexibility index (Phi) is 3.66. The third-order valence-corrected chi connectivity index (χ3v) is 2.62. The molecule has 0 bridgehead atoms. The topological polar surface area (TPSA) is 50.8 Å². The summed E-state index contributed by atoms with van der Waals surface area (Å²) in [4.78, 5) is 0. The molecule has 0 N–H and O–H groups in total. The molecule has 1 aromatic heterocycles. The number of halogens is 3. The number of rotatable bonds is 3. The Bertz CT molecular complexity index is 656. The first-order chi connectivity index (χ1) is 9.43. The van der Waals surface area contributed by atoms with Gasteiger partial charge in [-0.05, 0) is 18.2 Å². The minimum Gasteiger partial charge on any atom is -0.496 e. The highest BCUT2D eigenvalue weighted by molar-refractivity contribution is 5.70. The Morgan fingerprint density at radius 2 is 2.15 bits per heavy atom. The quantitative estimate of drug-likeness (QED) is 0.869. The molecule has 1 aromatic carbocycles. The maximum Gasteiger partial charge on any atom is 0.408 e. The van der Waals surface area contributed by atoms with Crippen LogP contribution in [0.5, 0.6) is 5.75 Å². The summed E-state index contributed by atoms with van der Waals surface area (Å²) in [5.74, 6) is 0.413. The maximum atomic E-state index is 12.3. The van der Waals surface area contributed by atoms with Gasteiger partial charge in [0.15, 0.2) is 0 Å². The van der Waals surface area contributed by atoms with Gasteiger partial charge in [-0.25, -0.2) is 0 Å². The van der Waals surface area contributed by atoms with Crippen molar-refractivity contribution in [2.75, 3.05) is 7.11 Å². The second-order valence-corrected chi connectivity index (χ2v) is 4.07. The second kappa shape index (κ2) is 5.25. The van der Waals surface area contributed by atoms with Gasteiger partial charge in [0.2, 0.25) is 0 Å². The van der Waals surface area contributed by atoms with Crippen LogP contribution in [0.15, 0.2) is 30.6 Å². The van der Waals surface area contributed by atoms with E-state index in [9.17, 15) is 13.2 Å². The van der Waals surface area contributed by atoms with Crippen LogP contribution in [0.2, 0.25) is 0 Å². The molecule has 0 radical (unpaired) electrons. The molecular formula is C13H10F3N3O. The molecule has 0 unspecified atom stereocenters. The van der Waals surface area contributed by atoms with Crippen LogP contribution >= 0.6 is 0 Å². The third-order valence-electron chi connectivity index (χ3n) is 2.62. The molecule has 0 saturated carbocycles. The Morgan fingerprint density at radius 1 is 1.40 bits per heavy atom. The zero-order valence-electron chi connectivity index (χ0n) is 10.5. The lowest BCUT2D eigenvalue weighted by atomic mass is 10.1. The van der Waals surface area contributed by atoms with Crippen LogP contribution in [-0.2, 0) is 6.54 Å². The Labute approximate surface area is 113 Å². The van der Waals surface area contributed by atoms with E-state index in [1.54, 1.807) is 12.1 Å². The van der Waals surface area contributed by atoms with Crippen LogP contribution in [0.3, 0.4) is 0 Å². The Hall–Kier alpha value is -2.49. The lowest BCUT2D eigenvalue weighted by Crippen LogP contribution is -2.17.